The first kappa shape index (κ1) is 20.5. The van der Waals surface area contributed by atoms with E-state index >= 15 is 0 Å². The highest BCUT2D eigenvalue weighted by Crippen LogP contribution is 2.41. The van der Waals surface area contributed by atoms with Gasteiger partial charge in [-0.15, -0.1) is 22.7 Å². The molecule has 7 heteroatoms. The zero-order valence-electron chi connectivity index (χ0n) is 17.7. The first-order valence-electron chi connectivity index (χ1n) is 10.8. The molecule has 2 aliphatic rings. The Labute approximate surface area is 191 Å². The van der Waals surface area contributed by atoms with Gasteiger partial charge in [0.1, 0.15) is 5.75 Å². The first-order valence-corrected chi connectivity index (χ1v) is 12.5. The number of rotatable bonds is 6. The molecule has 1 aliphatic carbocycles. The van der Waals surface area contributed by atoms with Crippen molar-refractivity contribution in [2.75, 3.05) is 51.3 Å². The predicted molar refractivity (Wildman–Crippen MR) is 129 cm³/mol. The van der Waals surface area contributed by atoms with Crippen LogP contribution < -0.4 is 15.0 Å². The van der Waals surface area contributed by atoms with Gasteiger partial charge in [0.05, 0.1) is 12.0 Å². The van der Waals surface area contributed by atoms with Gasteiger partial charge in [0, 0.05) is 60.3 Å². The molecule has 5 nitrogen and oxygen atoms in total. The van der Waals surface area contributed by atoms with Crippen LogP contribution in [0.3, 0.4) is 0 Å². The SMILES string of the molecule is COc1ccc(N2CCN(CCNC(=O)c3cc4c(s3)-c3ccsc3CC4)CC2)cc1. The second kappa shape index (κ2) is 9.02. The van der Waals surface area contributed by atoms with Crippen LogP contribution in [-0.4, -0.2) is 57.2 Å². The molecule has 0 unspecified atom stereocenters. The highest BCUT2D eigenvalue weighted by atomic mass is 32.1. The van der Waals surface area contributed by atoms with Crippen LogP contribution in [0.1, 0.15) is 20.1 Å². The van der Waals surface area contributed by atoms with Crippen LogP contribution in [0.25, 0.3) is 10.4 Å². The fraction of sp³-hybridized carbons (Fsp3) is 0.375. The van der Waals surface area contributed by atoms with E-state index in [1.807, 2.05) is 23.5 Å². The number of carbonyl (C=O) groups excluding carboxylic acids is 1. The quantitative estimate of drug-likeness (QED) is 0.609. The molecule has 162 valence electrons. The molecule has 0 radical (unpaired) electrons. The number of carbonyl (C=O) groups is 1. The molecule has 1 aromatic carbocycles. The van der Waals surface area contributed by atoms with Crippen molar-refractivity contribution >= 4 is 34.3 Å². The highest BCUT2D eigenvalue weighted by molar-refractivity contribution is 7.18. The average molecular weight is 454 g/mol. The number of hydrogen-bond donors (Lipinski definition) is 1. The van der Waals surface area contributed by atoms with Gasteiger partial charge in [-0.3, -0.25) is 9.69 Å². The summed E-state index contributed by atoms with van der Waals surface area (Å²) in [6.45, 7) is 5.60. The Hall–Kier alpha value is -2.35. The molecular weight excluding hydrogens is 426 g/mol. The number of anilines is 1. The molecule has 0 saturated carbocycles. The summed E-state index contributed by atoms with van der Waals surface area (Å²) < 4.78 is 5.24. The lowest BCUT2D eigenvalue weighted by Crippen LogP contribution is -2.48. The average Bonchev–Trinajstić information content (AvgIpc) is 3.46. The second-order valence-electron chi connectivity index (χ2n) is 8.01. The van der Waals surface area contributed by atoms with Crippen LogP contribution in [0, 0.1) is 0 Å². The lowest BCUT2D eigenvalue weighted by molar-refractivity contribution is 0.0952. The van der Waals surface area contributed by atoms with Crippen molar-refractivity contribution in [3.63, 3.8) is 0 Å². The first-order chi connectivity index (χ1) is 15.2. The molecule has 3 heterocycles. The maximum absolute atomic E-state index is 12.7. The van der Waals surface area contributed by atoms with Crippen molar-refractivity contribution in [3.05, 3.63) is 57.1 Å². The Balaban J connectivity index is 1.09. The molecule has 0 spiro atoms. The number of nitrogens with one attached hydrogen (secondary N) is 1. The Kier molecular flexibility index (Phi) is 5.98. The Morgan fingerprint density at radius 1 is 1.10 bits per heavy atom. The minimum atomic E-state index is 0.0630. The third-order valence-electron chi connectivity index (χ3n) is 6.17. The standard InChI is InChI=1S/C24H27N3O2S2/c1-29-19-5-3-18(4-6-19)27-13-11-26(12-14-27)10-9-25-24(28)22-16-17-2-7-21-20(8-15-30-21)23(17)31-22/h3-6,8,15-16H,2,7,9-14H2,1H3,(H,25,28). The molecule has 1 amide bonds. The summed E-state index contributed by atoms with van der Waals surface area (Å²) in [5, 5.41) is 5.29. The summed E-state index contributed by atoms with van der Waals surface area (Å²) >= 11 is 3.47. The molecule has 1 fully saturated rings. The smallest absolute Gasteiger partial charge is 0.261 e. The van der Waals surface area contributed by atoms with E-state index in [2.05, 4.69) is 44.8 Å². The molecule has 1 saturated heterocycles. The molecule has 31 heavy (non-hydrogen) atoms. The van der Waals surface area contributed by atoms with Gasteiger partial charge in [-0.25, -0.2) is 0 Å². The summed E-state index contributed by atoms with van der Waals surface area (Å²) in [5.41, 5.74) is 3.91. The van der Waals surface area contributed by atoms with Gasteiger partial charge < -0.3 is 15.0 Å². The van der Waals surface area contributed by atoms with Gasteiger partial charge in [0.15, 0.2) is 0 Å². The van der Waals surface area contributed by atoms with E-state index < -0.39 is 0 Å². The molecule has 1 N–H and O–H groups in total. The normalized spacial score (nSPS) is 16.0. The topological polar surface area (TPSA) is 44.8 Å². The third kappa shape index (κ3) is 4.35. The van der Waals surface area contributed by atoms with Crippen LogP contribution in [-0.2, 0) is 12.8 Å². The maximum atomic E-state index is 12.7. The monoisotopic (exact) mass is 453 g/mol. The summed E-state index contributed by atoms with van der Waals surface area (Å²) in [5.74, 6) is 0.952. The number of nitrogens with zero attached hydrogens (tertiary/aromatic N) is 2. The zero-order chi connectivity index (χ0) is 21.2. The van der Waals surface area contributed by atoms with E-state index in [1.165, 1.54) is 26.6 Å². The van der Waals surface area contributed by atoms with E-state index in [0.717, 1.165) is 56.2 Å². The van der Waals surface area contributed by atoms with Gasteiger partial charge in [-0.05, 0) is 60.2 Å². The largest absolute Gasteiger partial charge is 0.497 e. The molecule has 1 aliphatic heterocycles. The fourth-order valence-electron chi connectivity index (χ4n) is 4.38. The van der Waals surface area contributed by atoms with Crippen LogP contribution in [0.2, 0.25) is 0 Å². The van der Waals surface area contributed by atoms with Crippen molar-refractivity contribution in [3.8, 4) is 16.2 Å². The number of aryl methyl sites for hydroxylation is 2. The summed E-state index contributed by atoms with van der Waals surface area (Å²) in [6.07, 6.45) is 2.14. The van der Waals surface area contributed by atoms with E-state index in [1.54, 1.807) is 18.4 Å². The molecule has 2 aromatic heterocycles. The summed E-state index contributed by atoms with van der Waals surface area (Å²) in [4.78, 5) is 21.1. The molecule has 0 bridgehead atoms. The highest BCUT2D eigenvalue weighted by Gasteiger charge is 2.22. The molecule has 0 atom stereocenters. The molecule has 3 aromatic rings. The van der Waals surface area contributed by atoms with E-state index in [4.69, 9.17) is 4.74 Å². The van der Waals surface area contributed by atoms with Crippen molar-refractivity contribution in [1.29, 1.82) is 0 Å². The minimum absolute atomic E-state index is 0.0630. The van der Waals surface area contributed by atoms with Crippen LogP contribution in [0.4, 0.5) is 5.69 Å². The van der Waals surface area contributed by atoms with Crippen LogP contribution in [0.5, 0.6) is 5.75 Å². The number of hydrogen-bond acceptors (Lipinski definition) is 6. The number of piperazine rings is 1. The van der Waals surface area contributed by atoms with Crippen molar-refractivity contribution < 1.29 is 9.53 Å². The van der Waals surface area contributed by atoms with E-state index in [0.29, 0.717) is 6.54 Å². The van der Waals surface area contributed by atoms with Gasteiger partial charge in [-0.2, -0.15) is 0 Å². The number of thiophene rings is 2. The summed E-state index contributed by atoms with van der Waals surface area (Å²) in [6, 6.07) is 12.6. The molecule has 5 rings (SSSR count). The van der Waals surface area contributed by atoms with Crippen LogP contribution >= 0.6 is 22.7 Å². The van der Waals surface area contributed by atoms with Crippen molar-refractivity contribution in [2.45, 2.75) is 12.8 Å². The Bertz CT molecular complexity index is 1050. The van der Waals surface area contributed by atoms with Gasteiger partial charge in [-0.1, -0.05) is 0 Å². The lowest BCUT2D eigenvalue weighted by Gasteiger charge is -2.36. The van der Waals surface area contributed by atoms with Crippen LogP contribution in [0.15, 0.2) is 41.8 Å². The number of fused-ring (bicyclic) bond motifs is 3. The van der Waals surface area contributed by atoms with Gasteiger partial charge in [0.25, 0.3) is 5.91 Å². The number of ether oxygens (including phenoxy) is 1. The fourth-order valence-corrected chi connectivity index (χ4v) is 6.51. The Morgan fingerprint density at radius 2 is 1.90 bits per heavy atom. The Morgan fingerprint density at radius 3 is 2.68 bits per heavy atom. The van der Waals surface area contributed by atoms with E-state index in [9.17, 15) is 4.79 Å². The van der Waals surface area contributed by atoms with Crippen molar-refractivity contribution in [2.24, 2.45) is 0 Å². The number of methoxy groups -OCH3 is 1. The number of benzene rings is 1. The third-order valence-corrected chi connectivity index (χ3v) is 8.36. The lowest BCUT2D eigenvalue weighted by atomic mass is 9.98. The number of amides is 1. The predicted octanol–water partition coefficient (Wildman–Crippen LogP) is 4.14. The summed E-state index contributed by atoms with van der Waals surface area (Å²) in [7, 11) is 1.69. The second-order valence-corrected chi connectivity index (χ2v) is 10.1. The maximum Gasteiger partial charge on any atom is 0.261 e. The zero-order valence-corrected chi connectivity index (χ0v) is 19.4. The van der Waals surface area contributed by atoms with Gasteiger partial charge in [0.2, 0.25) is 0 Å². The molecular formula is C24H27N3O2S2. The van der Waals surface area contributed by atoms with Gasteiger partial charge >= 0.3 is 0 Å². The van der Waals surface area contributed by atoms with Crippen molar-refractivity contribution in [1.82, 2.24) is 10.2 Å². The van der Waals surface area contributed by atoms with E-state index in [-0.39, 0.29) is 5.91 Å². The minimum Gasteiger partial charge on any atom is -0.497 e.